The molecule has 1 aromatic heterocycles. The van der Waals surface area contributed by atoms with E-state index in [1.54, 1.807) is 17.3 Å². The van der Waals surface area contributed by atoms with Crippen molar-refractivity contribution in [2.45, 2.75) is 26.7 Å². The topological polar surface area (TPSA) is 65.5 Å². The highest BCUT2D eigenvalue weighted by Crippen LogP contribution is 2.16. The second-order valence-electron chi connectivity index (χ2n) is 4.31. The number of nitrogens with one attached hydrogen (secondary N) is 1. The average molecular weight is 265 g/mol. The number of rotatable bonds is 8. The first-order chi connectivity index (χ1) is 9.24. The lowest BCUT2D eigenvalue weighted by Crippen LogP contribution is -2.32. The Morgan fingerprint density at radius 2 is 2.26 bits per heavy atom. The first kappa shape index (κ1) is 15.4. The predicted octanol–water partition coefficient (Wildman–Crippen LogP) is 1.75. The Kier molecular flexibility index (Phi) is 6.89. The molecule has 0 radical (unpaired) electrons. The highest BCUT2D eigenvalue weighted by atomic mass is 16.3. The standard InChI is InChI=1S/C14H23N3O2/c1-3-7-16-13-6-8-15-11-12(13)14(19)17(4-2)9-5-10-18/h6,8,11,18H,3-5,7,9-10H2,1-2H3,(H,15,16). The van der Waals surface area contributed by atoms with E-state index in [1.807, 2.05) is 13.0 Å². The van der Waals surface area contributed by atoms with Gasteiger partial charge in [0.2, 0.25) is 0 Å². The molecule has 0 atom stereocenters. The summed E-state index contributed by atoms with van der Waals surface area (Å²) >= 11 is 0. The Morgan fingerprint density at radius 1 is 1.47 bits per heavy atom. The van der Waals surface area contributed by atoms with Gasteiger partial charge in [0.1, 0.15) is 0 Å². The van der Waals surface area contributed by atoms with Crippen LogP contribution in [0, 0.1) is 0 Å². The van der Waals surface area contributed by atoms with E-state index in [9.17, 15) is 4.79 Å². The summed E-state index contributed by atoms with van der Waals surface area (Å²) in [6, 6.07) is 1.82. The average Bonchev–Trinajstić information content (AvgIpc) is 2.46. The van der Waals surface area contributed by atoms with Crippen LogP contribution in [0.2, 0.25) is 0 Å². The van der Waals surface area contributed by atoms with E-state index in [1.165, 1.54) is 0 Å². The molecule has 2 N–H and O–H groups in total. The minimum atomic E-state index is -0.0392. The van der Waals surface area contributed by atoms with E-state index in [4.69, 9.17) is 5.11 Å². The number of carbonyl (C=O) groups is 1. The summed E-state index contributed by atoms with van der Waals surface area (Å²) < 4.78 is 0. The van der Waals surface area contributed by atoms with Crippen LogP contribution in [-0.4, -0.2) is 47.1 Å². The van der Waals surface area contributed by atoms with Crippen molar-refractivity contribution in [1.29, 1.82) is 0 Å². The van der Waals surface area contributed by atoms with Crippen molar-refractivity contribution in [2.24, 2.45) is 0 Å². The highest BCUT2D eigenvalue weighted by molar-refractivity contribution is 5.99. The SMILES string of the molecule is CCCNc1ccncc1C(=O)N(CC)CCCO. The fraction of sp³-hybridized carbons (Fsp3) is 0.571. The largest absolute Gasteiger partial charge is 0.396 e. The summed E-state index contributed by atoms with van der Waals surface area (Å²) in [6.45, 7) is 6.12. The zero-order valence-electron chi connectivity index (χ0n) is 11.7. The predicted molar refractivity (Wildman–Crippen MR) is 76.3 cm³/mol. The highest BCUT2D eigenvalue weighted by Gasteiger charge is 2.17. The number of hydrogen-bond donors (Lipinski definition) is 2. The molecule has 0 unspecified atom stereocenters. The van der Waals surface area contributed by atoms with E-state index in [-0.39, 0.29) is 12.5 Å². The van der Waals surface area contributed by atoms with Gasteiger partial charge in [-0.2, -0.15) is 0 Å². The second kappa shape index (κ2) is 8.48. The molecular formula is C14H23N3O2. The summed E-state index contributed by atoms with van der Waals surface area (Å²) in [5.74, 6) is -0.0392. The zero-order valence-corrected chi connectivity index (χ0v) is 11.7. The molecule has 0 aliphatic rings. The minimum Gasteiger partial charge on any atom is -0.396 e. The molecular weight excluding hydrogens is 242 g/mol. The quantitative estimate of drug-likeness (QED) is 0.751. The normalized spacial score (nSPS) is 10.3. The fourth-order valence-corrected chi connectivity index (χ4v) is 1.81. The van der Waals surface area contributed by atoms with Crippen LogP contribution in [0.25, 0.3) is 0 Å². The van der Waals surface area contributed by atoms with Gasteiger partial charge in [-0.1, -0.05) is 6.92 Å². The molecule has 0 fully saturated rings. The molecule has 19 heavy (non-hydrogen) atoms. The van der Waals surface area contributed by atoms with Crippen LogP contribution in [0.4, 0.5) is 5.69 Å². The van der Waals surface area contributed by atoms with Crippen LogP contribution in [-0.2, 0) is 0 Å². The molecule has 1 aromatic rings. The zero-order chi connectivity index (χ0) is 14.1. The van der Waals surface area contributed by atoms with E-state index in [2.05, 4.69) is 17.2 Å². The van der Waals surface area contributed by atoms with Gasteiger partial charge in [0.05, 0.1) is 11.3 Å². The number of hydrogen-bond acceptors (Lipinski definition) is 4. The number of aliphatic hydroxyl groups is 1. The van der Waals surface area contributed by atoms with Gasteiger partial charge in [0.15, 0.2) is 0 Å². The number of anilines is 1. The summed E-state index contributed by atoms with van der Waals surface area (Å²) in [5, 5.41) is 12.1. The Balaban J connectivity index is 2.84. The van der Waals surface area contributed by atoms with Crippen molar-refractivity contribution in [3.8, 4) is 0 Å². The third kappa shape index (κ3) is 4.52. The third-order valence-corrected chi connectivity index (χ3v) is 2.87. The van der Waals surface area contributed by atoms with Crippen molar-refractivity contribution < 1.29 is 9.90 Å². The van der Waals surface area contributed by atoms with Gasteiger partial charge in [0.25, 0.3) is 5.91 Å². The smallest absolute Gasteiger partial charge is 0.257 e. The molecule has 0 bridgehead atoms. The number of nitrogens with zero attached hydrogens (tertiary/aromatic N) is 2. The summed E-state index contributed by atoms with van der Waals surface area (Å²) in [4.78, 5) is 18.2. The molecule has 5 nitrogen and oxygen atoms in total. The van der Waals surface area contributed by atoms with Gasteiger partial charge in [-0.05, 0) is 25.8 Å². The number of pyridine rings is 1. The first-order valence-electron chi connectivity index (χ1n) is 6.82. The molecule has 0 saturated carbocycles. The summed E-state index contributed by atoms with van der Waals surface area (Å²) in [5.41, 5.74) is 1.42. The molecule has 0 aliphatic heterocycles. The maximum Gasteiger partial charge on any atom is 0.257 e. The molecule has 106 valence electrons. The fourth-order valence-electron chi connectivity index (χ4n) is 1.81. The van der Waals surface area contributed by atoms with Crippen LogP contribution in [0.5, 0.6) is 0 Å². The number of aliphatic hydroxyl groups excluding tert-OH is 1. The van der Waals surface area contributed by atoms with Crippen molar-refractivity contribution >= 4 is 11.6 Å². The van der Waals surface area contributed by atoms with Gasteiger partial charge in [-0.3, -0.25) is 9.78 Å². The second-order valence-corrected chi connectivity index (χ2v) is 4.31. The lowest BCUT2D eigenvalue weighted by Gasteiger charge is -2.22. The molecule has 1 rings (SSSR count). The molecule has 0 aliphatic carbocycles. The van der Waals surface area contributed by atoms with Crippen LogP contribution < -0.4 is 5.32 Å². The molecule has 0 spiro atoms. The number of carbonyl (C=O) groups excluding carboxylic acids is 1. The van der Waals surface area contributed by atoms with Gasteiger partial charge in [0, 0.05) is 38.6 Å². The molecule has 1 amide bonds. The Morgan fingerprint density at radius 3 is 2.89 bits per heavy atom. The maximum atomic E-state index is 12.4. The van der Waals surface area contributed by atoms with Gasteiger partial charge >= 0.3 is 0 Å². The first-order valence-corrected chi connectivity index (χ1v) is 6.82. The minimum absolute atomic E-state index is 0.0392. The van der Waals surface area contributed by atoms with Crippen LogP contribution in [0.1, 0.15) is 37.0 Å². The van der Waals surface area contributed by atoms with Gasteiger partial charge < -0.3 is 15.3 Å². The third-order valence-electron chi connectivity index (χ3n) is 2.87. The number of amides is 1. The summed E-state index contributed by atoms with van der Waals surface area (Å²) in [6.07, 6.45) is 4.87. The molecule has 0 aromatic carbocycles. The van der Waals surface area contributed by atoms with Crippen molar-refractivity contribution in [1.82, 2.24) is 9.88 Å². The molecule has 1 heterocycles. The van der Waals surface area contributed by atoms with Crippen molar-refractivity contribution in [3.05, 3.63) is 24.0 Å². The van der Waals surface area contributed by atoms with Gasteiger partial charge in [-0.25, -0.2) is 0 Å². The monoisotopic (exact) mass is 265 g/mol. The Bertz CT molecular complexity index is 396. The summed E-state index contributed by atoms with van der Waals surface area (Å²) in [7, 11) is 0. The Labute approximate surface area is 114 Å². The lowest BCUT2D eigenvalue weighted by atomic mass is 10.2. The van der Waals surface area contributed by atoms with Crippen LogP contribution in [0.3, 0.4) is 0 Å². The van der Waals surface area contributed by atoms with E-state index in [0.717, 1.165) is 18.7 Å². The van der Waals surface area contributed by atoms with Crippen molar-refractivity contribution in [2.75, 3.05) is 31.6 Å². The number of aromatic nitrogens is 1. The Hall–Kier alpha value is -1.62. The van der Waals surface area contributed by atoms with Crippen LogP contribution >= 0.6 is 0 Å². The van der Waals surface area contributed by atoms with E-state index >= 15 is 0 Å². The lowest BCUT2D eigenvalue weighted by molar-refractivity contribution is 0.0755. The van der Waals surface area contributed by atoms with Gasteiger partial charge in [-0.15, -0.1) is 0 Å². The molecule has 5 heteroatoms. The van der Waals surface area contributed by atoms with Crippen molar-refractivity contribution in [3.63, 3.8) is 0 Å². The van der Waals surface area contributed by atoms with Crippen LogP contribution in [0.15, 0.2) is 18.5 Å². The van der Waals surface area contributed by atoms with E-state index < -0.39 is 0 Å². The maximum absolute atomic E-state index is 12.4. The molecule has 0 saturated heterocycles. The van der Waals surface area contributed by atoms with E-state index in [0.29, 0.717) is 25.1 Å².